The molecule has 1 aliphatic heterocycles. The molecule has 4 heteroatoms. The van der Waals surface area contributed by atoms with Crippen LogP contribution in [0.4, 0.5) is 0 Å². The van der Waals surface area contributed by atoms with Gasteiger partial charge in [-0.3, -0.25) is 4.90 Å². The maximum Gasteiger partial charge on any atom is 0.160 e. The number of methoxy groups -OCH3 is 1. The summed E-state index contributed by atoms with van der Waals surface area (Å²) in [7, 11) is 1.59. The number of hydrogen-bond acceptors (Lipinski definition) is 4. The van der Waals surface area contributed by atoms with Gasteiger partial charge >= 0.3 is 0 Å². The third-order valence-electron chi connectivity index (χ3n) is 3.86. The van der Waals surface area contributed by atoms with E-state index in [1.807, 2.05) is 12.1 Å². The monoisotopic (exact) mass is 278 g/mol. The summed E-state index contributed by atoms with van der Waals surface area (Å²) in [5, 5.41) is 13.2. The number of phenolic OH excluding ortho intramolecular Hbond substituents is 1. The van der Waals surface area contributed by atoms with E-state index in [-0.39, 0.29) is 11.2 Å². The molecule has 0 bridgehead atoms. The molecular weight excluding hydrogens is 252 g/mol. The molecule has 0 radical (unpaired) electrons. The van der Waals surface area contributed by atoms with Gasteiger partial charge in [-0.15, -0.1) is 0 Å². The van der Waals surface area contributed by atoms with Gasteiger partial charge < -0.3 is 15.2 Å². The molecule has 112 valence electrons. The van der Waals surface area contributed by atoms with Gasteiger partial charge in [0.15, 0.2) is 11.5 Å². The molecular formula is C16H26N2O2. The molecule has 0 spiro atoms. The predicted molar refractivity (Wildman–Crippen MR) is 81.3 cm³/mol. The molecule has 1 heterocycles. The van der Waals surface area contributed by atoms with Crippen molar-refractivity contribution in [2.45, 2.75) is 26.8 Å². The smallest absolute Gasteiger partial charge is 0.160 e. The second kappa shape index (κ2) is 6.02. The lowest BCUT2D eigenvalue weighted by atomic mass is 9.81. The minimum Gasteiger partial charge on any atom is -0.504 e. The molecule has 1 fully saturated rings. The summed E-state index contributed by atoms with van der Waals surface area (Å²) >= 11 is 0. The first-order valence-electron chi connectivity index (χ1n) is 7.25. The van der Waals surface area contributed by atoms with Crippen LogP contribution in [0.2, 0.25) is 0 Å². The van der Waals surface area contributed by atoms with Gasteiger partial charge in [0.05, 0.1) is 7.11 Å². The van der Waals surface area contributed by atoms with Crippen molar-refractivity contribution < 1.29 is 9.84 Å². The Morgan fingerprint density at radius 3 is 2.45 bits per heavy atom. The standard InChI is InChI=1S/C16H26N2O2/c1-16(2,3)15(18-9-7-17-8-10-18)12-5-6-13(19)14(11-12)20-4/h5-6,11,15,17,19H,7-10H2,1-4H3/t15-/m1/s1. The van der Waals surface area contributed by atoms with Crippen LogP contribution in [0, 0.1) is 5.41 Å². The molecule has 4 nitrogen and oxygen atoms in total. The van der Waals surface area contributed by atoms with Crippen molar-refractivity contribution in [2.24, 2.45) is 5.41 Å². The van der Waals surface area contributed by atoms with E-state index in [1.165, 1.54) is 5.56 Å². The zero-order valence-corrected chi connectivity index (χ0v) is 12.9. The average Bonchev–Trinajstić information content (AvgIpc) is 2.40. The first-order valence-corrected chi connectivity index (χ1v) is 7.25. The largest absolute Gasteiger partial charge is 0.504 e. The van der Waals surface area contributed by atoms with E-state index in [2.05, 4.69) is 31.0 Å². The van der Waals surface area contributed by atoms with E-state index in [0.717, 1.165) is 26.2 Å². The second-order valence-corrected chi connectivity index (χ2v) is 6.49. The van der Waals surface area contributed by atoms with Gasteiger partial charge in [-0.1, -0.05) is 26.8 Å². The van der Waals surface area contributed by atoms with E-state index >= 15 is 0 Å². The highest BCUT2D eigenvalue weighted by Gasteiger charge is 2.32. The number of hydrogen-bond donors (Lipinski definition) is 2. The van der Waals surface area contributed by atoms with Crippen LogP contribution in [-0.2, 0) is 0 Å². The normalized spacial score (nSPS) is 18.8. The van der Waals surface area contributed by atoms with Crippen molar-refractivity contribution in [1.82, 2.24) is 10.2 Å². The second-order valence-electron chi connectivity index (χ2n) is 6.49. The zero-order valence-electron chi connectivity index (χ0n) is 12.9. The summed E-state index contributed by atoms with van der Waals surface area (Å²) in [6, 6.07) is 6.03. The molecule has 1 atom stereocenters. The fourth-order valence-electron chi connectivity index (χ4n) is 3.06. The first kappa shape index (κ1) is 15.1. The van der Waals surface area contributed by atoms with Crippen LogP contribution in [0.15, 0.2) is 18.2 Å². The number of rotatable bonds is 3. The summed E-state index contributed by atoms with van der Waals surface area (Å²) in [6.07, 6.45) is 0. The topological polar surface area (TPSA) is 44.7 Å². The van der Waals surface area contributed by atoms with Crippen LogP contribution < -0.4 is 10.1 Å². The lowest BCUT2D eigenvalue weighted by molar-refractivity contribution is 0.0860. The molecule has 0 aromatic heterocycles. The van der Waals surface area contributed by atoms with Crippen molar-refractivity contribution in [3.63, 3.8) is 0 Å². The Morgan fingerprint density at radius 2 is 1.90 bits per heavy atom. The molecule has 0 saturated carbocycles. The third kappa shape index (κ3) is 3.25. The number of nitrogens with one attached hydrogen (secondary N) is 1. The van der Waals surface area contributed by atoms with E-state index in [4.69, 9.17) is 4.74 Å². The third-order valence-corrected chi connectivity index (χ3v) is 3.86. The van der Waals surface area contributed by atoms with Crippen molar-refractivity contribution in [3.8, 4) is 11.5 Å². The maximum atomic E-state index is 9.78. The van der Waals surface area contributed by atoms with Gasteiger partial charge in [0.1, 0.15) is 0 Å². The van der Waals surface area contributed by atoms with Gasteiger partial charge in [-0.05, 0) is 23.1 Å². The minimum absolute atomic E-state index is 0.124. The highest BCUT2D eigenvalue weighted by Crippen LogP contribution is 2.40. The number of phenols is 1. The van der Waals surface area contributed by atoms with Crippen LogP contribution in [0.1, 0.15) is 32.4 Å². The molecule has 1 aliphatic rings. The Balaban J connectivity index is 2.35. The van der Waals surface area contributed by atoms with Gasteiger partial charge in [0.2, 0.25) is 0 Å². The van der Waals surface area contributed by atoms with Crippen LogP contribution in [0.25, 0.3) is 0 Å². The highest BCUT2D eigenvalue weighted by atomic mass is 16.5. The highest BCUT2D eigenvalue weighted by molar-refractivity contribution is 5.43. The summed E-state index contributed by atoms with van der Waals surface area (Å²) in [6.45, 7) is 10.9. The number of nitrogens with zero attached hydrogens (tertiary/aromatic N) is 1. The van der Waals surface area contributed by atoms with Gasteiger partial charge in [0.25, 0.3) is 0 Å². The van der Waals surface area contributed by atoms with E-state index in [9.17, 15) is 5.11 Å². The Morgan fingerprint density at radius 1 is 1.25 bits per heavy atom. The SMILES string of the molecule is COc1cc([C@@H](N2CCNCC2)C(C)(C)C)ccc1O. The molecule has 2 N–H and O–H groups in total. The Kier molecular flexibility index (Phi) is 4.55. The lowest BCUT2D eigenvalue weighted by Crippen LogP contribution is -2.48. The summed E-state index contributed by atoms with van der Waals surface area (Å²) in [4.78, 5) is 2.52. The molecule has 0 unspecified atom stereocenters. The van der Waals surface area contributed by atoms with Crippen molar-refractivity contribution in [3.05, 3.63) is 23.8 Å². The van der Waals surface area contributed by atoms with Gasteiger partial charge in [0, 0.05) is 32.2 Å². The van der Waals surface area contributed by atoms with Gasteiger partial charge in [-0.25, -0.2) is 0 Å². The molecule has 0 amide bonds. The average molecular weight is 278 g/mol. The summed E-state index contributed by atoms with van der Waals surface area (Å²) in [5.41, 5.74) is 1.33. The fourth-order valence-corrected chi connectivity index (χ4v) is 3.06. The van der Waals surface area contributed by atoms with E-state index in [1.54, 1.807) is 13.2 Å². The fraction of sp³-hybridized carbons (Fsp3) is 0.625. The van der Waals surface area contributed by atoms with Crippen molar-refractivity contribution in [1.29, 1.82) is 0 Å². The molecule has 1 aromatic rings. The number of ether oxygens (including phenoxy) is 1. The van der Waals surface area contributed by atoms with E-state index < -0.39 is 0 Å². The van der Waals surface area contributed by atoms with Crippen LogP contribution in [-0.4, -0.2) is 43.3 Å². The maximum absolute atomic E-state index is 9.78. The quantitative estimate of drug-likeness (QED) is 0.891. The minimum atomic E-state index is 0.124. The number of aromatic hydroxyl groups is 1. The Bertz CT molecular complexity index is 448. The first-order chi connectivity index (χ1) is 9.43. The van der Waals surface area contributed by atoms with Crippen LogP contribution in [0.3, 0.4) is 0 Å². The molecule has 0 aliphatic carbocycles. The molecule has 1 saturated heterocycles. The Hall–Kier alpha value is -1.26. The number of piperazine rings is 1. The van der Waals surface area contributed by atoms with E-state index in [0.29, 0.717) is 11.8 Å². The molecule has 1 aromatic carbocycles. The van der Waals surface area contributed by atoms with Crippen molar-refractivity contribution >= 4 is 0 Å². The van der Waals surface area contributed by atoms with Crippen LogP contribution >= 0.6 is 0 Å². The zero-order chi connectivity index (χ0) is 14.8. The predicted octanol–water partition coefficient (Wildman–Crippen LogP) is 2.39. The summed E-state index contributed by atoms with van der Waals surface area (Å²) < 4.78 is 5.25. The molecule has 2 rings (SSSR count). The lowest BCUT2D eigenvalue weighted by Gasteiger charge is -2.42. The molecule has 20 heavy (non-hydrogen) atoms. The summed E-state index contributed by atoms with van der Waals surface area (Å²) in [5.74, 6) is 0.746. The van der Waals surface area contributed by atoms with Gasteiger partial charge in [-0.2, -0.15) is 0 Å². The van der Waals surface area contributed by atoms with Crippen LogP contribution in [0.5, 0.6) is 11.5 Å². The Labute approximate surface area is 121 Å². The van der Waals surface area contributed by atoms with Crippen molar-refractivity contribution in [2.75, 3.05) is 33.3 Å². The number of benzene rings is 1.